The van der Waals surface area contributed by atoms with E-state index in [-0.39, 0.29) is 0 Å². The molecule has 0 aliphatic rings. The summed E-state index contributed by atoms with van der Waals surface area (Å²) in [6, 6.07) is 37.2. The molecule has 0 spiro atoms. The Labute approximate surface area is 222 Å². The van der Waals surface area contributed by atoms with Gasteiger partial charge in [-0.3, -0.25) is 9.97 Å². The molecule has 0 N–H and O–H groups in total. The minimum atomic E-state index is 0.376. The van der Waals surface area contributed by atoms with Gasteiger partial charge in [-0.15, -0.1) is 0 Å². The first kappa shape index (κ1) is 23.7. The lowest BCUT2D eigenvalue weighted by Gasteiger charge is -2.20. The molecule has 0 saturated carbocycles. The third kappa shape index (κ3) is 4.81. The average molecular weight is 497 g/mol. The molecule has 0 radical (unpaired) electrons. The van der Waals surface area contributed by atoms with Gasteiger partial charge in [0, 0.05) is 22.5 Å². The van der Waals surface area contributed by atoms with Gasteiger partial charge in [-0.1, -0.05) is 72.8 Å². The Morgan fingerprint density at radius 3 is 1.37 bits per heavy atom. The molecule has 0 atom stereocenters. The summed E-state index contributed by atoms with van der Waals surface area (Å²) in [7, 11) is 0. The Balaban J connectivity index is 1.51. The second-order valence-electron chi connectivity index (χ2n) is 9.44. The van der Waals surface area contributed by atoms with E-state index in [0.29, 0.717) is 13.2 Å². The largest absolute Gasteiger partial charge is 0.487 e. The van der Waals surface area contributed by atoms with Crippen LogP contribution in [0.25, 0.3) is 32.7 Å². The average Bonchev–Trinajstić information content (AvgIpc) is 2.94. The summed E-state index contributed by atoms with van der Waals surface area (Å²) in [5.74, 6) is 1.59. The highest BCUT2D eigenvalue weighted by Crippen LogP contribution is 2.45. The van der Waals surface area contributed by atoms with Gasteiger partial charge in [0.2, 0.25) is 0 Å². The van der Waals surface area contributed by atoms with Gasteiger partial charge >= 0.3 is 0 Å². The topological polar surface area (TPSA) is 44.2 Å². The normalized spacial score (nSPS) is 11.1. The summed E-state index contributed by atoms with van der Waals surface area (Å²) < 4.78 is 13.0. The molecule has 186 valence electrons. The van der Waals surface area contributed by atoms with Crippen LogP contribution in [-0.2, 0) is 13.2 Å². The van der Waals surface area contributed by atoms with Crippen LogP contribution in [0.2, 0.25) is 0 Å². The number of nitrogens with zero attached hydrogens (tertiary/aromatic N) is 2. The summed E-state index contributed by atoms with van der Waals surface area (Å²) >= 11 is 0. The van der Waals surface area contributed by atoms with Crippen molar-refractivity contribution in [1.29, 1.82) is 0 Å². The van der Waals surface area contributed by atoms with Crippen molar-refractivity contribution in [3.8, 4) is 22.6 Å². The molecule has 0 amide bonds. The van der Waals surface area contributed by atoms with Crippen LogP contribution in [0.1, 0.15) is 22.8 Å². The molecule has 0 fully saturated rings. The highest BCUT2D eigenvalue weighted by Gasteiger charge is 2.19. The molecule has 4 aromatic carbocycles. The van der Waals surface area contributed by atoms with Gasteiger partial charge in [-0.05, 0) is 71.8 Å². The Morgan fingerprint density at radius 2 is 0.921 bits per heavy atom. The first-order valence-electron chi connectivity index (χ1n) is 12.8. The molecule has 6 rings (SSSR count). The number of hydrogen-bond acceptors (Lipinski definition) is 4. The van der Waals surface area contributed by atoms with Gasteiger partial charge in [-0.25, -0.2) is 0 Å². The minimum Gasteiger partial charge on any atom is -0.487 e. The number of pyridine rings is 2. The minimum absolute atomic E-state index is 0.376. The zero-order chi connectivity index (χ0) is 25.9. The van der Waals surface area contributed by atoms with Gasteiger partial charge in [0.1, 0.15) is 24.7 Å². The maximum Gasteiger partial charge on any atom is 0.130 e. The van der Waals surface area contributed by atoms with Crippen LogP contribution in [0.4, 0.5) is 0 Å². The van der Waals surface area contributed by atoms with Crippen molar-refractivity contribution in [3.63, 3.8) is 0 Å². The zero-order valence-corrected chi connectivity index (χ0v) is 21.5. The molecular weight excluding hydrogens is 468 g/mol. The summed E-state index contributed by atoms with van der Waals surface area (Å²) in [5.41, 5.74) is 5.76. The van der Waals surface area contributed by atoms with E-state index < -0.39 is 0 Å². The predicted molar refractivity (Wildman–Crippen MR) is 154 cm³/mol. The van der Waals surface area contributed by atoms with Crippen LogP contribution < -0.4 is 9.47 Å². The maximum atomic E-state index is 6.49. The van der Waals surface area contributed by atoms with Gasteiger partial charge < -0.3 is 9.47 Å². The number of hydrogen-bond donors (Lipinski definition) is 0. The Bertz CT molecular complexity index is 1630. The van der Waals surface area contributed by atoms with E-state index in [2.05, 4.69) is 82.8 Å². The van der Waals surface area contributed by atoms with E-state index in [0.717, 1.165) is 66.9 Å². The van der Waals surface area contributed by atoms with Crippen LogP contribution in [0, 0.1) is 13.8 Å². The van der Waals surface area contributed by atoms with Crippen molar-refractivity contribution in [1.82, 2.24) is 9.97 Å². The van der Waals surface area contributed by atoms with Crippen molar-refractivity contribution in [2.45, 2.75) is 27.1 Å². The van der Waals surface area contributed by atoms with Crippen LogP contribution in [0.5, 0.6) is 11.5 Å². The second-order valence-corrected chi connectivity index (χ2v) is 9.44. The zero-order valence-electron chi connectivity index (χ0n) is 21.5. The Morgan fingerprint density at radius 1 is 0.474 bits per heavy atom. The summed E-state index contributed by atoms with van der Waals surface area (Å²) in [5, 5.41) is 4.50. The molecular formula is C34H28N2O2. The number of aromatic nitrogens is 2. The van der Waals surface area contributed by atoms with Gasteiger partial charge in [0.05, 0.1) is 11.4 Å². The standard InChI is InChI=1S/C34H28N2O2/c1-23-9-7-13-27(35-23)21-37-31-19-17-25-11-3-5-15-29(25)33(31)34-30-16-6-4-12-26(30)18-20-32(34)38-22-28-14-8-10-24(2)36-28/h3-20H,21-22H2,1-2H3. The van der Waals surface area contributed by atoms with Crippen molar-refractivity contribution >= 4 is 21.5 Å². The highest BCUT2D eigenvalue weighted by molar-refractivity contribution is 6.09. The number of aryl methyl sites for hydroxylation is 2. The lowest BCUT2D eigenvalue weighted by atomic mass is 9.92. The number of rotatable bonds is 7. The van der Waals surface area contributed by atoms with E-state index in [1.54, 1.807) is 0 Å². The number of fused-ring (bicyclic) bond motifs is 2. The van der Waals surface area contributed by atoms with Crippen molar-refractivity contribution in [2.24, 2.45) is 0 Å². The molecule has 2 aromatic heterocycles. The fraction of sp³-hybridized carbons (Fsp3) is 0.118. The summed E-state index contributed by atoms with van der Waals surface area (Å²) in [6.07, 6.45) is 0. The predicted octanol–water partition coefficient (Wildman–Crippen LogP) is 8.22. The van der Waals surface area contributed by atoms with Gasteiger partial charge in [-0.2, -0.15) is 0 Å². The van der Waals surface area contributed by atoms with E-state index >= 15 is 0 Å². The maximum absolute atomic E-state index is 6.49. The third-order valence-corrected chi connectivity index (χ3v) is 6.67. The molecule has 0 aliphatic carbocycles. The molecule has 6 aromatic rings. The van der Waals surface area contributed by atoms with Crippen molar-refractivity contribution in [2.75, 3.05) is 0 Å². The number of benzene rings is 4. The molecule has 0 aliphatic heterocycles. The van der Waals surface area contributed by atoms with E-state index in [9.17, 15) is 0 Å². The Kier molecular flexibility index (Phi) is 6.45. The number of ether oxygens (including phenoxy) is 2. The van der Waals surface area contributed by atoms with Crippen LogP contribution in [0.3, 0.4) is 0 Å². The SMILES string of the molecule is Cc1cccc(COc2ccc3ccccc3c2-c2c(OCc3cccc(C)n3)ccc3ccccc23)n1. The highest BCUT2D eigenvalue weighted by atomic mass is 16.5. The monoisotopic (exact) mass is 496 g/mol. The lowest BCUT2D eigenvalue weighted by molar-refractivity contribution is 0.298. The summed E-state index contributed by atoms with van der Waals surface area (Å²) in [6.45, 7) is 4.74. The molecule has 38 heavy (non-hydrogen) atoms. The Hall–Kier alpha value is -4.70. The van der Waals surface area contributed by atoms with Gasteiger partial charge in [0.25, 0.3) is 0 Å². The van der Waals surface area contributed by atoms with Crippen LogP contribution >= 0.6 is 0 Å². The van der Waals surface area contributed by atoms with E-state index in [1.807, 2.05) is 50.2 Å². The summed E-state index contributed by atoms with van der Waals surface area (Å²) in [4.78, 5) is 9.27. The second kappa shape index (κ2) is 10.3. The fourth-order valence-corrected chi connectivity index (χ4v) is 4.92. The third-order valence-electron chi connectivity index (χ3n) is 6.67. The first-order valence-corrected chi connectivity index (χ1v) is 12.8. The van der Waals surface area contributed by atoms with Crippen LogP contribution in [0.15, 0.2) is 109 Å². The molecule has 4 heteroatoms. The van der Waals surface area contributed by atoms with E-state index in [1.165, 1.54) is 0 Å². The molecule has 0 unspecified atom stereocenters. The lowest BCUT2D eigenvalue weighted by Crippen LogP contribution is -2.03. The van der Waals surface area contributed by atoms with Crippen LogP contribution in [-0.4, -0.2) is 9.97 Å². The molecule has 0 saturated heterocycles. The molecule has 2 heterocycles. The fourth-order valence-electron chi connectivity index (χ4n) is 4.92. The van der Waals surface area contributed by atoms with Gasteiger partial charge in [0.15, 0.2) is 0 Å². The molecule has 4 nitrogen and oxygen atoms in total. The smallest absolute Gasteiger partial charge is 0.130 e. The van der Waals surface area contributed by atoms with Crippen molar-refractivity contribution < 1.29 is 9.47 Å². The quantitative estimate of drug-likeness (QED) is 0.223. The first-order chi connectivity index (χ1) is 18.7. The van der Waals surface area contributed by atoms with E-state index in [4.69, 9.17) is 9.47 Å². The molecule has 0 bridgehead atoms. The van der Waals surface area contributed by atoms with Crippen molar-refractivity contribution in [3.05, 3.63) is 132 Å².